The van der Waals surface area contributed by atoms with Crippen molar-refractivity contribution in [1.82, 2.24) is 15.1 Å². The van der Waals surface area contributed by atoms with E-state index in [1.54, 1.807) is 28.9 Å². The average Bonchev–Trinajstić information content (AvgIpc) is 3.12. The number of nitriles is 1. The van der Waals surface area contributed by atoms with Gasteiger partial charge in [0.1, 0.15) is 5.82 Å². The van der Waals surface area contributed by atoms with Crippen LogP contribution in [0.1, 0.15) is 46.9 Å². The minimum atomic E-state index is -0.322. The maximum atomic E-state index is 13.2. The van der Waals surface area contributed by atoms with Crippen LogP contribution in [0.5, 0.6) is 0 Å². The van der Waals surface area contributed by atoms with Crippen LogP contribution in [0.3, 0.4) is 0 Å². The number of benzene rings is 2. The van der Waals surface area contributed by atoms with E-state index in [0.717, 1.165) is 11.3 Å². The van der Waals surface area contributed by atoms with Gasteiger partial charge in [0.15, 0.2) is 0 Å². The van der Waals surface area contributed by atoms with E-state index in [9.17, 15) is 9.18 Å². The molecule has 0 saturated heterocycles. The molecule has 136 valence electrons. The molecule has 2 aromatic carbocycles. The number of carbonyl (C=O) groups is 1. The van der Waals surface area contributed by atoms with Gasteiger partial charge in [-0.1, -0.05) is 26.0 Å². The molecule has 0 atom stereocenters. The molecule has 6 heteroatoms. The molecule has 0 aliphatic carbocycles. The molecular weight excluding hydrogens is 343 g/mol. The summed E-state index contributed by atoms with van der Waals surface area (Å²) in [6.07, 6.45) is 1.53. The third-order valence-electron chi connectivity index (χ3n) is 4.21. The van der Waals surface area contributed by atoms with Gasteiger partial charge in [0.25, 0.3) is 5.91 Å². The van der Waals surface area contributed by atoms with E-state index in [1.165, 1.54) is 18.3 Å². The van der Waals surface area contributed by atoms with Crippen molar-refractivity contribution in [2.75, 3.05) is 0 Å². The molecule has 1 aromatic heterocycles. The van der Waals surface area contributed by atoms with E-state index in [-0.39, 0.29) is 17.6 Å². The lowest BCUT2D eigenvalue weighted by atomic mass is 10.0. The molecule has 0 spiro atoms. The van der Waals surface area contributed by atoms with E-state index in [2.05, 4.69) is 16.5 Å². The van der Waals surface area contributed by atoms with Crippen LogP contribution in [-0.2, 0) is 6.54 Å². The second-order valence-corrected chi connectivity index (χ2v) is 6.48. The van der Waals surface area contributed by atoms with Crippen LogP contribution >= 0.6 is 0 Å². The van der Waals surface area contributed by atoms with Gasteiger partial charge in [0.2, 0.25) is 0 Å². The molecule has 0 bridgehead atoms. The van der Waals surface area contributed by atoms with Crippen LogP contribution in [0.4, 0.5) is 4.39 Å². The van der Waals surface area contributed by atoms with Gasteiger partial charge in [-0.2, -0.15) is 10.4 Å². The van der Waals surface area contributed by atoms with Crippen molar-refractivity contribution in [3.05, 3.63) is 82.9 Å². The first-order chi connectivity index (χ1) is 13.0. The molecule has 0 aliphatic heterocycles. The normalized spacial score (nSPS) is 10.6. The zero-order valence-corrected chi connectivity index (χ0v) is 15.1. The van der Waals surface area contributed by atoms with Crippen molar-refractivity contribution in [1.29, 1.82) is 5.26 Å². The maximum absolute atomic E-state index is 13.2. The molecule has 0 radical (unpaired) electrons. The molecule has 5 nitrogen and oxygen atoms in total. The third-order valence-corrected chi connectivity index (χ3v) is 4.21. The number of hydrogen-bond acceptors (Lipinski definition) is 3. The van der Waals surface area contributed by atoms with E-state index in [4.69, 9.17) is 5.26 Å². The van der Waals surface area contributed by atoms with Crippen LogP contribution in [-0.4, -0.2) is 15.7 Å². The van der Waals surface area contributed by atoms with Crippen LogP contribution in [0, 0.1) is 17.1 Å². The molecule has 27 heavy (non-hydrogen) atoms. The van der Waals surface area contributed by atoms with Crippen LogP contribution < -0.4 is 5.32 Å². The molecule has 3 rings (SSSR count). The Bertz CT molecular complexity index is 983. The summed E-state index contributed by atoms with van der Waals surface area (Å²) in [7, 11) is 0. The van der Waals surface area contributed by atoms with Gasteiger partial charge < -0.3 is 5.32 Å². The summed E-state index contributed by atoms with van der Waals surface area (Å²) in [6.45, 7) is 4.31. The lowest BCUT2D eigenvalue weighted by Crippen LogP contribution is -2.24. The number of halogens is 1. The van der Waals surface area contributed by atoms with Crippen molar-refractivity contribution in [2.24, 2.45) is 0 Å². The van der Waals surface area contributed by atoms with Crippen LogP contribution in [0.15, 0.2) is 54.7 Å². The number of rotatable bonds is 5. The standard InChI is InChI=1S/C21H19FN4O/c1-14(2)20-19(13-25-26(20)18-9-7-17(22)8-10-18)21(27)24-12-16-5-3-15(11-23)4-6-16/h3-10,13-14H,12H2,1-2H3,(H,24,27). The lowest BCUT2D eigenvalue weighted by molar-refractivity contribution is 0.0949. The zero-order chi connectivity index (χ0) is 19.4. The number of hydrogen-bond donors (Lipinski definition) is 1. The SMILES string of the molecule is CC(C)c1c(C(=O)NCc2ccc(C#N)cc2)cnn1-c1ccc(F)cc1. The predicted octanol–water partition coefficient (Wildman–Crippen LogP) is 3.94. The third kappa shape index (κ3) is 4.04. The summed E-state index contributed by atoms with van der Waals surface area (Å²) in [6, 6.07) is 15.1. The fourth-order valence-corrected chi connectivity index (χ4v) is 2.85. The molecule has 1 amide bonds. The Hall–Kier alpha value is -3.46. The van der Waals surface area contributed by atoms with Gasteiger partial charge in [-0.25, -0.2) is 9.07 Å². The minimum Gasteiger partial charge on any atom is -0.348 e. The fourth-order valence-electron chi connectivity index (χ4n) is 2.85. The first kappa shape index (κ1) is 18.3. The molecule has 0 aliphatic rings. The summed E-state index contributed by atoms with van der Waals surface area (Å²) in [4.78, 5) is 12.7. The summed E-state index contributed by atoms with van der Waals surface area (Å²) in [5.41, 5.74) is 3.43. The van der Waals surface area contributed by atoms with E-state index >= 15 is 0 Å². The van der Waals surface area contributed by atoms with Gasteiger partial charge >= 0.3 is 0 Å². The molecule has 1 heterocycles. The first-order valence-corrected chi connectivity index (χ1v) is 8.60. The fraction of sp³-hybridized carbons (Fsp3) is 0.190. The Morgan fingerprint density at radius 2 is 1.85 bits per heavy atom. The van der Waals surface area contributed by atoms with Crippen molar-refractivity contribution < 1.29 is 9.18 Å². The molecule has 1 N–H and O–H groups in total. The summed E-state index contributed by atoms with van der Waals surface area (Å²) >= 11 is 0. The number of amides is 1. The monoisotopic (exact) mass is 362 g/mol. The highest BCUT2D eigenvalue weighted by Crippen LogP contribution is 2.23. The molecule has 3 aromatic rings. The lowest BCUT2D eigenvalue weighted by Gasteiger charge is -2.13. The quantitative estimate of drug-likeness (QED) is 0.747. The Kier molecular flexibility index (Phi) is 5.32. The average molecular weight is 362 g/mol. The van der Waals surface area contributed by atoms with Crippen LogP contribution in [0.25, 0.3) is 5.69 Å². The van der Waals surface area contributed by atoms with Gasteiger partial charge in [-0.15, -0.1) is 0 Å². The smallest absolute Gasteiger partial charge is 0.255 e. The molecule has 0 fully saturated rings. The summed E-state index contributed by atoms with van der Waals surface area (Å²) in [5.74, 6) is -0.498. The Morgan fingerprint density at radius 1 is 1.19 bits per heavy atom. The van der Waals surface area contributed by atoms with Crippen molar-refractivity contribution in [3.63, 3.8) is 0 Å². The van der Waals surface area contributed by atoms with E-state index < -0.39 is 0 Å². The number of nitrogens with one attached hydrogen (secondary N) is 1. The molecular formula is C21H19FN4O. The van der Waals surface area contributed by atoms with E-state index in [1.807, 2.05) is 26.0 Å². The van der Waals surface area contributed by atoms with Crippen molar-refractivity contribution in [3.8, 4) is 11.8 Å². The topological polar surface area (TPSA) is 70.7 Å². The number of aromatic nitrogens is 2. The van der Waals surface area contributed by atoms with Crippen molar-refractivity contribution >= 4 is 5.91 Å². The largest absolute Gasteiger partial charge is 0.348 e. The highest BCUT2D eigenvalue weighted by Gasteiger charge is 2.20. The second-order valence-electron chi connectivity index (χ2n) is 6.48. The highest BCUT2D eigenvalue weighted by molar-refractivity contribution is 5.95. The van der Waals surface area contributed by atoms with Crippen LogP contribution in [0.2, 0.25) is 0 Å². The predicted molar refractivity (Wildman–Crippen MR) is 99.9 cm³/mol. The summed E-state index contributed by atoms with van der Waals surface area (Å²) < 4.78 is 14.9. The van der Waals surface area contributed by atoms with Gasteiger partial charge in [-0.05, 0) is 47.9 Å². The number of nitrogens with zero attached hydrogens (tertiary/aromatic N) is 3. The second kappa shape index (κ2) is 7.83. The van der Waals surface area contributed by atoms with Gasteiger partial charge in [0.05, 0.1) is 34.8 Å². The Labute approximate surface area is 157 Å². The summed E-state index contributed by atoms with van der Waals surface area (Å²) in [5, 5.41) is 16.1. The van der Waals surface area contributed by atoms with E-state index in [0.29, 0.717) is 23.4 Å². The highest BCUT2D eigenvalue weighted by atomic mass is 19.1. The van der Waals surface area contributed by atoms with Gasteiger partial charge in [0, 0.05) is 6.54 Å². The maximum Gasteiger partial charge on any atom is 0.255 e. The Morgan fingerprint density at radius 3 is 2.44 bits per heavy atom. The van der Waals surface area contributed by atoms with Gasteiger partial charge in [-0.3, -0.25) is 4.79 Å². The molecule has 0 saturated carbocycles. The molecule has 0 unspecified atom stereocenters. The number of carbonyl (C=O) groups excluding carboxylic acids is 1. The zero-order valence-electron chi connectivity index (χ0n) is 15.1. The first-order valence-electron chi connectivity index (χ1n) is 8.60. The van der Waals surface area contributed by atoms with Crippen molar-refractivity contribution in [2.45, 2.75) is 26.3 Å². The Balaban J connectivity index is 1.82. The minimum absolute atomic E-state index is 0.0493.